The number of methoxy groups -OCH3 is 1. The lowest BCUT2D eigenvalue weighted by Gasteiger charge is -2.25. The van der Waals surface area contributed by atoms with E-state index < -0.39 is 28.2 Å². The molecule has 2 N–H and O–H groups in total. The van der Waals surface area contributed by atoms with Gasteiger partial charge in [0, 0.05) is 33.3 Å². The zero-order chi connectivity index (χ0) is 22.3. The largest absolute Gasteiger partial charge is 0.497 e. The monoisotopic (exact) mass is 434 g/mol. The Labute approximate surface area is 176 Å². The van der Waals surface area contributed by atoms with Crippen LogP contribution in [0, 0.1) is 0 Å². The van der Waals surface area contributed by atoms with Crippen LogP contribution in [0.1, 0.15) is 5.56 Å². The first-order valence-electron chi connectivity index (χ1n) is 9.10. The molecule has 0 spiro atoms. The minimum Gasteiger partial charge on any atom is -0.497 e. The average Bonchev–Trinajstić information content (AvgIpc) is 2.72. The maximum Gasteiger partial charge on any atom is 0.330 e. The Morgan fingerprint density at radius 1 is 1.00 bits per heavy atom. The quantitative estimate of drug-likeness (QED) is 0.653. The van der Waals surface area contributed by atoms with Gasteiger partial charge in [0.05, 0.1) is 7.11 Å². The molecule has 0 radical (unpaired) electrons. The molecule has 162 valence electrons. The number of nitrogens with zero attached hydrogens (tertiary/aromatic N) is 2. The van der Waals surface area contributed by atoms with E-state index in [1.54, 1.807) is 38.4 Å². The maximum absolute atomic E-state index is 13.1. The summed E-state index contributed by atoms with van der Waals surface area (Å²) in [4.78, 5) is 26.8. The smallest absolute Gasteiger partial charge is 0.330 e. The van der Waals surface area contributed by atoms with Gasteiger partial charge in [-0.05, 0) is 29.8 Å². The fourth-order valence-corrected chi connectivity index (χ4v) is 3.09. The third kappa shape index (κ3) is 6.19. The summed E-state index contributed by atoms with van der Waals surface area (Å²) in [7, 11) is 1.72. The molecule has 2 rings (SSSR count). The summed E-state index contributed by atoms with van der Waals surface area (Å²) in [6, 6.07) is 14.0. The van der Waals surface area contributed by atoms with Crippen LogP contribution in [0.2, 0.25) is 0 Å². The number of benzene rings is 2. The van der Waals surface area contributed by atoms with Crippen molar-refractivity contribution in [2.45, 2.75) is 12.5 Å². The van der Waals surface area contributed by atoms with Gasteiger partial charge >= 0.3 is 16.2 Å². The van der Waals surface area contributed by atoms with Crippen molar-refractivity contribution in [3.63, 3.8) is 0 Å². The first-order valence-corrected chi connectivity index (χ1v) is 10.5. The molecule has 2 aromatic rings. The molecule has 3 amide bonds. The molecule has 0 saturated carbocycles. The Morgan fingerprint density at radius 3 is 2.13 bits per heavy atom. The first kappa shape index (κ1) is 23.2. The Balaban J connectivity index is 2.23. The zero-order valence-corrected chi connectivity index (χ0v) is 18.1. The van der Waals surface area contributed by atoms with E-state index in [2.05, 4.69) is 5.32 Å². The number of nitrogens with one attached hydrogen (secondary N) is 2. The molecule has 9 nitrogen and oxygen atoms in total. The van der Waals surface area contributed by atoms with Gasteiger partial charge in [0.2, 0.25) is 5.91 Å². The van der Waals surface area contributed by atoms with Crippen LogP contribution in [0.4, 0.5) is 10.5 Å². The molecular formula is C20H26N4O5S. The number of hydrogen-bond acceptors (Lipinski definition) is 5. The highest BCUT2D eigenvalue weighted by molar-refractivity contribution is 7.87. The highest BCUT2D eigenvalue weighted by Crippen LogP contribution is 2.19. The highest BCUT2D eigenvalue weighted by Gasteiger charge is 2.27. The van der Waals surface area contributed by atoms with E-state index in [1.807, 2.05) is 35.1 Å². The second-order valence-electron chi connectivity index (χ2n) is 6.70. The summed E-state index contributed by atoms with van der Waals surface area (Å²) < 4.78 is 31.7. The number of likely N-dealkylation sites (N-methyl/N-ethyl adjacent to an activating group) is 1. The lowest BCUT2D eigenvalue weighted by molar-refractivity contribution is -0.120. The van der Waals surface area contributed by atoms with Crippen LogP contribution in [-0.4, -0.2) is 59.0 Å². The number of anilines is 1. The van der Waals surface area contributed by atoms with Crippen LogP contribution in [0.15, 0.2) is 54.6 Å². The number of ether oxygens (including phenoxy) is 1. The molecule has 0 saturated heterocycles. The Kier molecular flexibility index (Phi) is 7.79. The van der Waals surface area contributed by atoms with Gasteiger partial charge in [-0.1, -0.05) is 30.3 Å². The molecule has 0 heterocycles. The molecule has 10 heteroatoms. The van der Waals surface area contributed by atoms with Crippen LogP contribution in [0.5, 0.6) is 5.75 Å². The van der Waals surface area contributed by atoms with E-state index in [1.165, 1.54) is 19.0 Å². The van der Waals surface area contributed by atoms with E-state index in [9.17, 15) is 18.0 Å². The van der Waals surface area contributed by atoms with E-state index in [4.69, 9.17) is 4.74 Å². The van der Waals surface area contributed by atoms with Gasteiger partial charge in [0.1, 0.15) is 11.8 Å². The van der Waals surface area contributed by atoms with Gasteiger partial charge in [0.15, 0.2) is 0 Å². The summed E-state index contributed by atoms with van der Waals surface area (Å²) in [5.41, 5.74) is 1.41. The van der Waals surface area contributed by atoms with E-state index in [-0.39, 0.29) is 6.42 Å². The third-order valence-corrected chi connectivity index (χ3v) is 5.78. The van der Waals surface area contributed by atoms with E-state index in [0.29, 0.717) is 11.4 Å². The fraction of sp³-hybridized carbons (Fsp3) is 0.300. The topological polar surface area (TPSA) is 108 Å². The fourth-order valence-electron chi connectivity index (χ4n) is 2.61. The molecular weight excluding hydrogens is 408 g/mol. The summed E-state index contributed by atoms with van der Waals surface area (Å²) in [6.45, 7) is 0. The number of urea groups is 1. The van der Waals surface area contributed by atoms with E-state index >= 15 is 0 Å². The summed E-state index contributed by atoms with van der Waals surface area (Å²) in [5, 5.41) is 2.48. The third-order valence-electron chi connectivity index (χ3n) is 4.38. The molecule has 0 aliphatic heterocycles. The van der Waals surface area contributed by atoms with Crippen molar-refractivity contribution >= 4 is 27.8 Å². The summed E-state index contributed by atoms with van der Waals surface area (Å²) in [6.07, 6.45) is 0.190. The van der Waals surface area contributed by atoms with Crippen molar-refractivity contribution in [2.24, 2.45) is 0 Å². The second kappa shape index (κ2) is 10.1. The van der Waals surface area contributed by atoms with Gasteiger partial charge in [-0.15, -0.1) is 0 Å². The zero-order valence-electron chi connectivity index (χ0n) is 17.3. The predicted molar refractivity (Wildman–Crippen MR) is 115 cm³/mol. The maximum atomic E-state index is 13.1. The summed E-state index contributed by atoms with van der Waals surface area (Å²) >= 11 is 0. The number of carbonyl (C=O) groups excluding carboxylic acids is 2. The number of rotatable bonds is 8. The minimum absolute atomic E-state index is 0.190. The molecule has 0 aliphatic rings. The predicted octanol–water partition coefficient (Wildman–Crippen LogP) is 1.37. The van der Waals surface area contributed by atoms with Crippen LogP contribution in [-0.2, 0) is 21.4 Å². The molecule has 2 aromatic carbocycles. The van der Waals surface area contributed by atoms with Crippen molar-refractivity contribution in [1.29, 1.82) is 0 Å². The van der Waals surface area contributed by atoms with Crippen molar-refractivity contribution in [3.8, 4) is 5.75 Å². The molecule has 30 heavy (non-hydrogen) atoms. The molecule has 0 aliphatic carbocycles. The van der Waals surface area contributed by atoms with Crippen molar-refractivity contribution < 1.29 is 22.7 Å². The first-order chi connectivity index (χ1) is 14.1. The van der Waals surface area contributed by atoms with Crippen LogP contribution in [0.3, 0.4) is 0 Å². The van der Waals surface area contributed by atoms with Crippen LogP contribution in [0.25, 0.3) is 0 Å². The summed E-state index contributed by atoms with van der Waals surface area (Å²) in [5.74, 6) is 0.244. The minimum atomic E-state index is -3.99. The lowest BCUT2D eigenvalue weighted by Crippen LogP contribution is -2.53. The normalized spacial score (nSPS) is 12.2. The molecule has 0 bridgehead atoms. The highest BCUT2D eigenvalue weighted by atomic mass is 32.2. The van der Waals surface area contributed by atoms with E-state index in [0.717, 1.165) is 9.87 Å². The second-order valence-corrected chi connectivity index (χ2v) is 8.59. The number of carbonyl (C=O) groups is 2. The lowest BCUT2D eigenvalue weighted by atomic mass is 10.0. The van der Waals surface area contributed by atoms with Gasteiger partial charge in [0.25, 0.3) is 0 Å². The van der Waals surface area contributed by atoms with Gasteiger partial charge in [-0.25, -0.2) is 9.52 Å². The molecule has 0 fully saturated rings. The van der Waals surface area contributed by atoms with Crippen LogP contribution < -0.4 is 19.7 Å². The Hall–Kier alpha value is -3.11. The molecule has 0 unspecified atom stereocenters. The Morgan fingerprint density at radius 2 is 1.60 bits per heavy atom. The van der Waals surface area contributed by atoms with Gasteiger partial charge in [-0.2, -0.15) is 12.7 Å². The number of amides is 3. The van der Waals surface area contributed by atoms with Gasteiger partial charge < -0.3 is 15.0 Å². The van der Waals surface area contributed by atoms with Crippen molar-refractivity contribution in [2.75, 3.05) is 33.2 Å². The SMILES string of the molecule is COc1ccc(N(C)C(=O)[C@H](Cc2ccccc2)NC(=O)NS(=O)(=O)N(C)C)cc1. The van der Waals surface area contributed by atoms with Gasteiger partial charge in [-0.3, -0.25) is 4.79 Å². The molecule has 0 aromatic heterocycles. The standard InChI is InChI=1S/C20H26N4O5S/c1-23(2)30(27,28)22-20(26)21-18(14-15-8-6-5-7-9-15)19(25)24(3)16-10-12-17(29-4)13-11-16/h5-13,18H,14H2,1-4H3,(H2,21,22,26)/t18-/m0/s1. The van der Waals surface area contributed by atoms with Crippen LogP contribution >= 0.6 is 0 Å². The average molecular weight is 435 g/mol. The Bertz CT molecular complexity index is 962. The van der Waals surface area contributed by atoms with Crippen molar-refractivity contribution in [3.05, 3.63) is 60.2 Å². The van der Waals surface area contributed by atoms with Crippen molar-refractivity contribution in [1.82, 2.24) is 14.3 Å². The number of hydrogen-bond donors (Lipinski definition) is 2. The molecule has 1 atom stereocenters.